The summed E-state index contributed by atoms with van der Waals surface area (Å²) in [5, 5.41) is 7.45. The van der Waals surface area contributed by atoms with Crippen molar-refractivity contribution in [3.05, 3.63) is 18.0 Å². The van der Waals surface area contributed by atoms with Gasteiger partial charge in [0.15, 0.2) is 5.96 Å². The monoisotopic (exact) mass is 377 g/mol. The normalized spacial score (nSPS) is 20.2. The van der Waals surface area contributed by atoms with Crippen molar-refractivity contribution in [2.75, 3.05) is 45.9 Å². The van der Waals surface area contributed by atoms with Gasteiger partial charge in [0.1, 0.15) is 6.26 Å². The molecular formula is C20H35N5O2. The quantitative estimate of drug-likeness (QED) is 0.427. The lowest BCUT2D eigenvalue weighted by molar-refractivity contribution is 0.0281. The van der Waals surface area contributed by atoms with Crippen molar-refractivity contribution in [2.24, 2.45) is 4.99 Å². The highest BCUT2D eigenvalue weighted by Crippen LogP contribution is 2.20. The van der Waals surface area contributed by atoms with Crippen LogP contribution in [0.25, 0.3) is 0 Å². The summed E-state index contributed by atoms with van der Waals surface area (Å²) in [6.07, 6.45) is 9.65. The van der Waals surface area contributed by atoms with Crippen LogP contribution >= 0.6 is 0 Å². The molecule has 0 bridgehead atoms. The molecule has 7 nitrogen and oxygen atoms in total. The van der Waals surface area contributed by atoms with Gasteiger partial charge in [-0.2, -0.15) is 0 Å². The molecule has 27 heavy (non-hydrogen) atoms. The summed E-state index contributed by atoms with van der Waals surface area (Å²) in [5.41, 5.74) is 1.00. The zero-order chi connectivity index (χ0) is 18.7. The van der Waals surface area contributed by atoms with Gasteiger partial charge in [0.05, 0.1) is 11.8 Å². The molecule has 0 spiro atoms. The fourth-order valence-corrected chi connectivity index (χ4v) is 3.82. The van der Waals surface area contributed by atoms with E-state index < -0.39 is 0 Å². The van der Waals surface area contributed by atoms with E-state index in [1.54, 1.807) is 6.26 Å². The van der Waals surface area contributed by atoms with Crippen LogP contribution in [0.3, 0.4) is 0 Å². The van der Waals surface area contributed by atoms with Gasteiger partial charge >= 0.3 is 0 Å². The molecule has 1 aromatic heterocycles. The Hall–Kier alpha value is -1.60. The van der Waals surface area contributed by atoms with E-state index in [2.05, 4.69) is 27.2 Å². The van der Waals surface area contributed by atoms with Crippen LogP contribution in [0.2, 0.25) is 0 Å². The fraction of sp³-hybridized carbons (Fsp3) is 0.800. The first-order valence-electron chi connectivity index (χ1n) is 10.6. The first-order chi connectivity index (χ1) is 13.3. The van der Waals surface area contributed by atoms with Crippen LogP contribution in [-0.2, 0) is 11.3 Å². The molecule has 2 aliphatic rings. The fourth-order valence-electron chi connectivity index (χ4n) is 3.82. The van der Waals surface area contributed by atoms with Gasteiger partial charge < -0.3 is 19.5 Å². The van der Waals surface area contributed by atoms with Crippen molar-refractivity contribution < 1.29 is 9.26 Å². The molecule has 1 N–H and O–H groups in total. The minimum absolute atomic E-state index is 0.494. The van der Waals surface area contributed by atoms with Crippen LogP contribution in [0.1, 0.15) is 51.1 Å². The van der Waals surface area contributed by atoms with Crippen molar-refractivity contribution in [3.63, 3.8) is 0 Å². The number of nitrogens with one attached hydrogen (secondary N) is 1. The molecule has 0 unspecified atom stereocenters. The maximum atomic E-state index is 6.01. The first kappa shape index (κ1) is 20.1. The molecule has 2 heterocycles. The maximum absolute atomic E-state index is 6.01. The van der Waals surface area contributed by atoms with Gasteiger partial charge in [-0.3, -0.25) is 9.89 Å². The molecule has 152 valence electrons. The molecule has 7 heteroatoms. The lowest BCUT2D eigenvalue weighted by Crippen LogP contribution is -2.52. The SMILES string of the molecule is CCNC(=NCCCOC1CCCCC1)N1CCN(Cc2ccon2)CC1. The second-order valence-corrected chi connectivity index (χ2v) is 7.47. The molecular weight excluding hydrogens is 342 g/mol. The Balaban J connectivity index is 1.36. The number of rotatable bonds is 8. The summed E-state index contributed by atoms with van der Waals surface area (Å²) in [7, 11) is 0. The van der Waals surface area contributed by atoms with Crippen molar-refractivity contribution >= 4 is 5.96 Å². The van der Waals surface area contributed by atoms with E-state index in [-0.39, 0.29) is 0 Å². The Morgan fingerprint density at radius 2 is 2.07 bits per heavy atom. The zero-order valence-corrected chi connectivity index (χ0v) is 16.7. The highest BCUT2D eigenvalue weighted by molar-refractivity contribution is 5.80. The van der Waals surface area contributed by atoms with Gasteiger partial charge in [-0.25, -0.2) is 0 Å². The van der Waals surface area contributed by atoms with Crippen molar-refractivity contribution in [2.45, 2.75) is 58.1 Å². The van der Waals surface area contributed by atoms with Gasteiger partial charge in [0, 0.05) is 58.5 Å². The van der Waals surface area contributed by atoms with E-state index in [4.69, 9.17) is 14.3 Å². The van der Waals surface area contributed by atoms with Gasteiger partial charge in [0.25, 0.3) is 0 Å². The Bertz CT molecular complexity index is 535. The number of hydrogen-bond donors (Lipinski definition) is 1. The van der Waals surface area contributed by atoms with Crippen LogP contribution in [0.15, 0.2) is 21.8 Å². The number of aliphatic imine (C=N–C) groups is 1. The molecule has 0 amide bonds. The standard InChI is InChI=1S/C20H35N5O2/c1-2-21-20(22-10-6-15-26-19-7-4-3-5-8-19)25-13-11-24(12-14-25)17-18-9-16-27-23-18/h9,16,19H,2-8,10-15,17H2,1H3,(H,21,22). The van der Waals surface area contributed by atoms with Gasteiger partial charge in [0.2, 0.25) is 0 Å². The third-order valence-corrected chi connectivity index (χ3v) is 5.35. The molecule has 1 saturated carbocycles. The summed E-state index contributed by atoms with van der Waals surface area (Å²) in [6, 6.07) is 1.94. The van der Waals surface area contributed by atoms with Crippen LogP contribution < -0.4 is 5.32 Å². The molecule has 0 atom stereocenters. The van der Waals surface area contributed by atoms with Crippen LogP contribution in [0.4, 0.5) is 0 Å². The Kier molecular flexibility index (Phi) is 8.42. The number of piperazine rings is 1. The molecule has 3 rings (SSSR count). The van der Waals surface area contributed by atoms with Gasteiger partial charge in [-0.1, -0.05) is 24.4 Å². The largest absolute Gasteiger partial charge is 0.378 e. The molecule has 1 aromatic rings. The lowest BCUT2D eigenvalue weighted by atomic mass is 9.98. The Morgan fingerprint density at radius 3 is 2.78 bits per heavy atom. The van der Waals surface area contributed by atoms with Gasteiger partial charge in [-0.05, 0) is 26.2 Å². The topological polar surface area (TPSA) is 66.1 Å². The van der Waals surface area contributed by atoms with E-state index in [0.717, 1.165) is 70.5 Å². The zero-order valence-electron chi connectivity index (χ0n) is 16.7. The second-order valence-electron chi connectivity index (χ2n) is 7.47. The maximum Gasteiger partial charge on any atom is 0.194 e. The number of hydrogen-bond acceptors (Lipinski definition) is 5. The van der Waals surface area contributed by atoms with E-state index in [0.29, 0.717) is 6.10 Å². The minimum atomic E-state index is 0.494. The molecule has 2 fully saturated rings. The predicted octanol–water partition coefficient (Wildman–Crippen LogP) is 2.50. The van der Waals surface area contributed by atoms with Crippen LogP contribution in [0, 0.1) is 0 Å². The first-order valence-corrected chi connectivity index (χ1v) is 10.6. The van der Waals surface area contributed by atoms with Crippen molar-refractivity contribution in [3.8, 4) is 0 Å². The van der Waals surface area contributed by atoms with Crippen LogP contribution in [-0.4, -0.2) is 72.9 Å². The summed E-state index contributed by atoms with van der Waals surface area (Å²) in [5.74, 6) is 1.04. The lowest BCUT2D eigenvalue weighted by Gasteiger charge is -2.36. The highest BCUT2D eigenvalue weighted by Gasteiger charge is 2.20. The Morgan fingerprint density at radius 1 is 1.26 bits per heavy atom. The molecule has 0 aromatic carbocycles. The third-order valence-electron chi connectivity index (χ3n) is 5.35. The summed E-state index contributed by atoms with van der Waals surface area (Å²) in [4.78, 5) is 9.60. The number of aromatic nitrogens is 1. The number of nitrogens with zero attached hydrogens (tertiary/aromatic N) is 4. The van der Waals surface area contributed by atoms with E-state index >= 15 is 0 Å². The molecule has 1 aliphatic carbocycles. The predicted molar refractivity (Wildman–Crippen MR) is 107 cm³/mol. The third kappa shape index (κ3) is 6.81. The summed E-state index contributed by atoms with van der Waals surface area (Å²) < 4.78 is 10.9. The second kappa shape index (κ2) is 11.3. The molecule has 1 aliphatic heterocycles. The highest BCUT2D eigenvalue weighted by atomic mass is 16.5. The smallest absolute Gasteiger partial charge is 0.194 e. The van der Waals surface area contributed by atoms with Crippen LogP contribution in [0.5, 0.6) is 0 Å². The number of guanidine groups is 1. The Labute approximate surface area is 163 Å². The van der Waals surface area contributed by atoms with E-state index in [1.165, 1.54) is 32.1 Å². The molecule has 1 saturated heterocycles. The molecule has 0 radical (unpaired) electrons. The van der Waals surface area contributed by atoms with Gasteiger partial charge in [-0.15, -0.1) is 0 Å². The average Bonchev–Trinajstić information content (AvgIpc) is 3.21. The number of ether oxygens (including phenoxy) is 1. The van der Waals surface area contributed by atoms with E-state index in [1.807, 2.05) is 6.07 Å². The summed E-state index contributed by atoms with van der Waals surface area (Å²) >= 11 is 0. The van der Waals surface area contributed by atoms with Crippen molar-refractivity contribution in [1.29, 1.82) is 0 Å². The minimum Gasteiger partial charge on any atom is -0.378 e. The van der Waals surface area contributed by atoms with E-state index in [9.17, 15) is 0 Å². The van der Waals surface area contributed by atoms with Crippen molar-refractivity contribution in [1.82, 2.24) is 20.3 Å². The summed E-state index contributed by atoms with van der Waals surface area (Å²) in [6.45, 7) is 9.55. The average molecular weight is 378 g/mol.